The average Bonchev–Trinajstić information content (AvgIpc) is 3.56. The number of para-hydroxylation sites is 4. The van der Waals surface area contributed by atoms with Crippen LogP contribution in [0.25, 0.3) is 38.6 Å². The highest BCUT2D eigenvalue weighted by Crippen LogP contribution is 2.54. The topological polar surface area (TPSA) is 11.4 Å². The molecule has 7 aromatic rings. The fourth-order valence-electron chi connectivity index (χ4n) is 6.95. The molecule has 2 aliphatic heterocycles. The van der Waals surface area contributed by atoms with Crippen molar-refractivity contribution >= 4 is 57.0 Å². The van der Waals surface area contributed by atoms with Gasteiger partial charge in [-0.25, -0.2) is 0 Å². The van der Waals surface area contributed by atoms with E-state index in [9.17, 15) is 0 Å². The summed E-state index contributed by atoms with van der Waals surface area (Å²) in [5.74, 6) is 0. The second kappa shape index (κ2) is 8.14. The second-order valence-corrected chi connectivity index (χ2v) is 10.6. The third kappa shape index (κ3) is 2.80. The van der Waals surface area contributed by atoms with Crippen LogP contribution >= 0.6 is 0 Å². The van der Waals surface area contributed by atoms with Gasteiger partial charge in [-0.05, 0) is 53.5 Å². The highest BCUT2D eigenvalue weighted by Gasteiger charge is 2.49. The molecule has 0 N–H and O–H groups in total. The fraction of sp³-hybridized carbons (Fsp3) is 0. The molecule has 1 aromatic heterocycles. The van der Waals surface area contributed by atoms with Gasteiger partial charge < -0.3 is 14.2 Å². The smallest absolute Gasteiger partial charge is 0.360 e. The van der Waals surface area contributed by atoms with E-state index in [1.807, 2.05) is 0 Å². The molecule has 0 spiro atoms. The molecule has 0 radical (unpaired) electrons. The van der Waals surface area contributed by atoms with Crippen molar-refractivity contribution in [3.8, 4) is 16.8 Å². The Morgan fingerprint density at radius 1 is 0.425 bits per heavy atom. The predicted octanol–water partition coefficient (Wildman–Crippen LogP) is 8.45. The van der Waals surface area contributed by atoms with Gasteiger partial charge in [0.2, 0.25) is 0 Å². The average molecular weight is 509 g/mol. The molecule has 0 saturated carbocycles. The van der Waals surface area contributed by atoms with E-state index in [2.05, 4.69) is 160 Å². The summed E-state index contributed by atoms with van der Waals surface area (Å²) >= 11 is 0. The van der Waals surface area contributed by atoms with Crippen molar-refractivity contribution in [2.75, 3.05) is 9.62 Å². The monoisotopic (exact) mass is 509 g/mol. The molecule has 3 heterocycles. The lowest BCUT2D eigenvalue weighted by Gasteiger charge is -2.36. The molecular formula is C36H24BN3. The summed E-state index contributed by atoms with van der Waals surface area (Å²) in [5, 5.41) is 2.53. The SMILES string of the molecule is c1ccc(N2B3c4ccccc4-c4ccccc4N3c3c2ccc2c4ccccc4n(-c4ccccc4)c32)cc1. The Kier molecular flexibility index (Phi) is 4.41. The maximum Gasteiger partial charge on any atom is 0.421 e. The molecule has 6 aromatic carbocycles. The first-order valence-corrected chi connectivity index (χ1v) is 13.8. The Morgan fingerprint density at radius 3 is 1.90 bits per heavy atom. The molecule has 40 heavy (non-hydrogen) atoms. The summed E-state index contributed by atoms with van der Waals surface area (Å²) in [5.41, 5.74) is 12.4. The van der Waals surface area contributed by atoms with Crippen LogP contribution in [-0.2, 0) is 0 Å². The van der Waals surface area contributed by atoms with Crippen LogP contribution in [0.4, 0.5) is 22.7 Å². The Bertz CT molecular complexity index is 2080. The van der Waals surface area contributed by atoms with Gasteiger partial charge in [0, 0.05) is 33.4 Å². The summed E-state index contributed by atoms with van der Waals surface area (Å²) < 4.78 is 2.46. The minimum absolute atomic E-state index is 0.00339. The van der Waals surface area contributed by atoms with E-state index < -0.39 is 0 Å². The largest absolute Gasteiger partial charge is 0.421 e. The molecule has 0 unspecified atom stereocenters. The van der Waals surface area contributed by atoms with E-state index in [0.717, 1.165) is 0 Å². The summed E-state index contributed by atoms with van der Waals surface area (Å²) in [6, 6.07) is 52.8. The third-order valence-electron chi connectivity index (χ3n) is 8.52. The van der Waals surface area contributed by atoms with Crippen molar-refractivity contribution < 1.29 is 0 Å². The number of rotatable bonds is 2. The summed E-state index contributed by atoms with van der Waals surface area (Å²) in [6.45, 7) is -0.00339. The first-order chi connectivity index (χ1) is 19.9. The molecule has 4 heteroatoms. The summed E-state index contributed by atoms with van der Waals surface area (Å²) in [4.78, 5) is 5.11. The Labute approximate surface area is 233 Å². The van der Waals surface area contributed by atoms with Gasteiger partial charge in [0.25, 0.3) is 0 Å². The molecular weight excluding hydrogens is 485 g/mol. The molecule has 0 atom stereocenters. The molecule has 9 rings (SSSR count). The first kappa shape index (κ1) is 21.7. The number of anilines is 4. The number of nitrogens with zero attached hydrogens (tertiary/aromatic N) is 3. The van der Waals surface area contributed by atoms with Crippen LogP contribution in [0.15, 0.2) is 146 Å². The van der Waals surface area contributed by atoms with Crippen LogP contribution in [0.1, 0.15) is 0 Å². The van der Waals surface area contributed by atoms with Crippen molar-refractivity contribution in [3.05, 3.63) is 146 Å². The highest BCUT2D eigenvalue weighted by atomic mass is 15.3. The molecule has 0 amide bonds. The molecule has 0 saturated heterocycles. The molecule has 186 valence electrons. The minimum Gasteiger partial charge on any atom is -0.360 e. The van der Waals surface area contributed by atoms with E-state index >= 15 is 0 Å². The minimum atomic E-state index is -0.00339. The van der Waals surface area contributed by atoms with Gasteiger partial charge in [0.15, 0.2) is 0 Å². The number of hydrogen-bond donors (Lipinski definition) is 0. The van der Waals surface area contributed by atoms with Crippen molar-refractivity contribution in [1.29, 1.82) is 0 Å². The van der Waals surface area contributed by atoms with Gasteiger partial charge in [-0.2, -0.15) is 0 Å². The summed E-state index contributed by atoms with van der Waals surface area (Å²) in [6.07, 6.45) is 0. The zero-order valence-corrected chi connectivity index (χ0v) is 21.8. The number of benzene rings is 6. The maximum absolute atomic E-state index is 2.58. The van der Waals surface area contributed by atoms with E-state index in [-0.39, 0.29) is 6.98 Å². The van der Waals surface area contributed by atoms with E-state index in [1.165, 1.54) is 66.8 Å². The number of hydrogen-bond acceptors (Lipinski definition) is 2. The van der Waals surface area contributed by atoms with Crippen molar-refractivity contribution in [2.45, 2.75) is 0 Å². The third-order valence-corrected chi connectivity index (χ3v) is 8.52. The zero-order valence-electron chi connectivity index (χ0n) is 21.8. The number of fused-ring (bicyclic) bond motifs is 12. The molecule has 0 fully saturated rings. The normalized spacial score (nSPS) is 13.3. The van der Waals surface area contributed by atoms with E-state index in [4.69, 9.17) is 0 Å². The first-order valence-electron chi connectivity index (χ1n) is 13.8. The maximum atomic E-state index is 2.58. The van der Waals surface area contributed by atoms with Crippen LogP contribution in [-0.4, -0.2) is 11.5 Å². The molecule has 0 aliphatic carbocycles. The van der Waals surface area contributed by atoms with Gasteiger partial charge in [-0.1, -0.05) is 103 Å². The number of aromatic nitrogens is 1. The van der Waals surface area contributed by atoms with Gasteiger partial charge in [-0.15, -0.1) is 0 Å². The van der Waals surface area contributed by atoms with E-state index in [0.29, 0.717) is 0 Å². The lowest BCUT2D eigenvalue weighted by Crippen LogP contribution is -2.55. The van der Waals surface area contributed by atoms with Crippen molar-refractivity contribution in [2.24, 2.45) is 0 Å². The van der Waals surface area contributed by atoms with Gasteiger partial charge in [-0.3, -0.25) is 0 Å². The van der Waals surface area contributed by atoms with Crippen molar-refractivity contribution in [3.63, 3.8) is 0 Å². The van der Waals surface area contributed by atoms with Crippen LogP contribution in [0, 0.1) is 0 Å². The second-order valence-electron chi connectivity index (χ2n) is 10.6. The van der Waals surface area contributed by atoms with Gasteiger partial charge in [0.1, 0.15) is 0 Å². The van der Waals surface area contributed by atoms with Crippen LogP contribution in [0.5, 0.6) is 0 Å². The van der Waals surface area contributed by atoms with Crippen LogP contribution in [0.2, 0.25) is 0 Å². The highest BCUT2D eigenvalue weighted by molar-refractivity contribution is 6.86. The standard InChI is InChI=1S/C36H24BN3/c1-3-13-25(14-4-1)38-32-21-11-8-19-29(32)30-23-24-34-36(35(30)38)40-33-22-12-9-18-28(33)27-17-7-10-20-31(27)37(40)39(34)26-15-5-2-6-16-26/h1-24H. The van der Waals surface area contributed by atoms with Crippen molar-refractivity contribution in [1.82, 2.24) is 4.57 Å². The lowest BCUT2D eigenvalue weighted by atomic mass is 9.59. The lowest BCUT2D eigenvalue weighted by molar-refractivity contribution is 1.18. The quantitative estimate of drug-likeness (QED) is 0.217. The van der Waals surface area contributed by atoms with Gasteiger partial charge in [0.05, 0.1) is 22.4 Å². The Hall–Kier alpha value is -5.22. The van der Waals surface area contributed by atoms with Gasteiger partial charge >= 0.3 is 6.98 Å². The van der Waals surface area contributed by atoms with Crippen LogP contribution in [0.3, 0.4) is 0 Å². The Balaban J connectivity index is 1.47. The molecule has 0 bridgehead atoms. The predicted molar refractivity (Wildman–Crippen MR) is 169 cm³/mol. The summed E-state index contributed by atoms with van der Waals surface area (Å²) in [7, 11) is 0. The molecule has 2 aliphatic rings. The van der Waals surface area contributed by atoms with Crippen LogP contribution < -0.4 is 15.1 Å². The zero-order chi connectivity index (χ0) is 26.2. The van der Waals surface area contributed by atoms with E-state index in [1.54, 1.807) is 0 Å². The Morgan fingerprint density at radius 2 is 1.07 bits per heavy atom. The fourth-order valence-corrected chi connectivity index (χ4v) is 6.95. The molecule has 3 nitrogen and oxygen atoms in total.